The number of hydrogen-bond acceptors (Lipinski definition) is 3. The van der Waals surface area contributed by atoms with Gasteiger partial charge in [0.2, 0.25) is 0 Å². The number of fused-ring (bicyclic) bond motifs is 2. The van der Waals surface area contributed by atoms with Crippen LogP contribution in [-0.2, 0) is 4.84 Å². The minimum Gasteiger partial charge on any atom is -0.320 e. The summed E-state index contributed by atoms with van der Waals surface area (Å²) in [7, 11) is 0. The predicted molar refractivity (Wildman–Crippen MR) is 71.4 cm³/mol. The SMILES string of the molecule is CCCNC(=O)O/N=C1\CC2CCC1(C)C2(C)C. The summed E-state index contributed by atoms with van der Waals surface area (Å²) in [5.74, 6) is 0.684. The third-order valence-electron chi connectivity index (χ3n) is 5.27. The minimum absolute atomic E-state index is 0.0999. The molecule has 0 aromatic heterocycles. The van der Waals surface area contributed by atoms with Gasteiger partial charge in [-0.2, -0.15) is 0 Å². The molecule has 2 atom stereocenters. The van der Waals surface area contributed by atoms with Crippen molar-refractivity contribution in [2.75, 3.05) is 6.54 Å². The fourth-order valence-electron chi connectivity index (χ4n) is 3.42. The molecule has 2 unspecified atom stereocenters. The van der Waals surface area contributed by atoms with Gasteiger partial charge < -0.3 is 5.32 Å². The summed E-state index contributed by atoms with van der Waals surface area (Å²) in [5, 5.41) is 6.80. The zero-order chi connectivity index (χ0) is 13.4. The van der Waals surface area contributed by atoms with E-state index in [9.17, 15) is 4.79 Å². The van der Waals surface area contributed by atoms with Crippen molar-refractivity contribution < 1.29 is 9.63 Å². The van der Waals surface area contributed by atoms with Crippen LogP contribution in [0.2, 0.25) is 0 Å². The van der Waals surface area contributed by atoms with Crippen LogP contribution in [0.4, 0.5) is 4.79 Å². The molecule has 0 aromatic rings. The molecular weight excluding hydrogens is 228 g/mol. The van der Waals surface area contributed by atoms with Crippen molar-refractivity contribution in [2.45, 2.75) is 53.4 Å². The lowest BCUT2D eigenvalue weighted by atomic mass is 9.70. The normalized spacial score (nSPS) is 34.9. The van der Waals surface area contributed by atoms with E-state index in [4.69, 9.17) is 4.84 Å². The summed E-state index contributed by atoms with van der Waals surface area (Å²) in [6, 6.07) is 0. The van der Waals surface area contributed by atoms with Crippen molar-refractivity contribution in [2.24, 2.45) is 21.9 Å². The van der Waals surface area contributed by atoms with Gasteiger partial charge in [-0.25, -0.2) is 4.79 Å². The van der Waals surface area contributed by atoms with Crippen LogP contribution in [0.15, 0.2) is 5.16 Å². The molecule has 0 radical (unpaired) electrons. The Morgan fingerprint density at radius 3 is 2.72 bits per heavy atom. The lowest BCUT2D eigenvalue weighted by Gasteiger charge is -2.34. The molecule has 2 fully saturated rings. The summed E-state index contributed by atoms with van der Waals surface area (Å²) in [6.45, 7) is 9.52. The summed E-state index contributed by atoms with van der Waals surface area (Å²) >= 11 is 0. The number of carbonyl (C=O) groups is 1. The van der Waals surface area contributed by atoms with E-state index >= 15 is 0 Å². The number of amides is 1. The van der Waals surface area contributed by atoms with Gasteiger partial charge in [-0.1, -0.05) is 32.9 Å². The van der Waals surface area contributed by atoms with Gasteiger partial charge in [0.15, 0.2) is 0 Å². The molecule has 18 heavy (non-hydrogen) atoms. The highest BCUT2D eigenvalue weighted by Gasteiger charge is 2.60. The Balaban J connectivity index is 2.01. The van der Waals surface area contributed by atoms with Gasteiger partial charge in [0.25, 0.3) is 0 Å². The van der Waals surface area contributed by atoms with Crippen molar-refractivity contribution in [3.63, 3.8) is 0 Å². The number of nitrogens with zero attached hydrogens (tertiary/aromatic N) is 1. The fraction of sp³-hybridized carbons (Fsp3) is 0.857. The summed E-state index contributed by atoms with van der Waals surface area (Å²) in [4.78, 5) is 16.4. The van der Waals surface area contributed by atoms with Crippen LogP contribution in [0.1, 0.15) is 53.4 Å². The number of nitrogens with one attached hydrogen (secondary N) is 1. The minimum atomic E-state index is -0.437. The molecule has 0 spiro atoms. The first-order valence-corrected chi connectivity index (χ1v) is 6.94. The molecule has 1 N–H and O–H groups in total. The molecule has 2 rings (SSSR count). The lowest BCUT2D eigenvalue weighted by Crippen LogP contribution is -2.33. The molecular formula is C14H24N2O2. The zero-order valence-corrected chi connectivity index (χ0v) is 11.9. The summed E-state index contributed by atoms with van der Waals surface area (Å²) in [5.41, 5.74) is 1.44. The van der Waals surface area contributed by atoms with Crippen LogP contribution in [-0.4, -0.2) is 18.3 Å². The lowest BCUT2D eigenvalue weighted by molar-refractivity contribution is 0.146. The molecule has 2 aliphatic carbocycles. The van der Waals surface area contributed by atoms with Gasteiger partial charge in [-0.3, -0.25) is 4.84 Å². The topological polar surface area (TPSA) is 50.7 Å². The van der Waals surface area contributed by atoms with Gasteiger partial charge in [-0.15, -0.1) is 0 Å². The second-order valence-electron chi connectivity index (χ2n) is 6.34. The van der Waals surface area contributed by atoms with E-state index in [2.05, 4.69) is 31.2 Å². The number of carbonyl (C=O) groups excluding carboxylic acids is 1. The first-order chi connectivity index (χ1) is 8.41. The van der Waals surface area contributed by atoms with E-state index in [0.717, 1.165) is 25.0 Å². The first kappa shape index (κ1) is 13.4. The van der Waals surface area contributed by atoms with Gasteiger partial charge in [0, 0.05) is 12.0 Å². The molecule has 0 saturated heterocycles. The van der Waals surface area contributed by atoms with Crippen LogP contribution in [0, 0.1) is 16.7 Å². The molecule has 2 bridgehead atoms. The highest BCUT2D eigenvalue weighted by Crippen LogP contribution is 2.63. The third-order valence-corrected chi connectivity index (χ3v) is 5.27. The Morgan fingerprint density at radius 2 is 2.22 bits per heavy atom. The van der Waals surface area contributed by atoms with Gasteiger partial charge >= 0.3 is 6.09 Å². The van der Waals surface area contributed by atoms with E-state index in [0.29, 0.717) is 12.5 Å². The van der Waals surface area contributed by atoms with Crippen molar-refractivity contribution in [1.29, 1.82) is 0 Å². The molecule has 2 saturated carbocycles. The average molecular weight is 252 g/mol. The van der Waals surface area contributed by atoms with Crippen LogP contribution in [0.3, 0.4) is 0 Å². The third kappa shape index (κ3) is 1.91. The molecule has 4 heteroatoms. The Hall–Kier alpha value is -1.06. The molecule has 1 amide bonds. The first-order valence-electron chi connectivity index (χ1n) is 6.94. The molecule has 0 aromatic carbocycles. The van der Waals surface area contributed by atoms with Crippen molar-refractivity contribution in [3.05, 3.63) is 0 Å². The standard InChI is InChI=1S/C14H24N2O2/c1-5-8-15-12(17)18-16-11-9-10-6-7-14(11,4)13(10,2)3/h10H,5-9H2,1-4H3,(H,15,17)/b16-11+. The maximum absolute atomic E-state index is 11.4. The molecule has 102 valence electrons. The Bertz CT molecular complexity index is 376. The molecule has 0 aliphatic heterocycles. The van der Waals surface area contributed by atoms with Gasteiger partial charge in [0.05, 0.1) is 5.71 Å². The van der Waals surface area contributed by atoms with Gasteiger partial charge in [-0.05, 0) is 37.0 Å². The zero-order valence-electron chi connectivity index (χ0n) is 11.9. The second-order valence-corrected chi connectivity index (χ2v) is 6.34. The Kier molecular flexibility index (Phi) is 3.39. The van der Waals surface area contributed by atoms with Crippen molar-refractivity contribution >= 4 is 11.8 Å². The number of rotatable bonds is 3. The van der Waals surface area contributed by atoms with E-state index in [1.54, 1.807) is 0 Å². The maximum atomic E-state index is 11.4. The largest absolute Gasteiger partial charge is 0.433 e. The van der Waals surface area contributed by atoms with Crippen molar-refractivity contribution in [1.82, 2.24) is 5.32 Å². The van der Waals surface area contributed by atoms with E-state index in [-0.39, 0.29) is 10.8 Å². The smallest absolute Gasteiger partial charge is 0.320 e. The van der Waals surface area contributed by atoms with E-state index in [1.165, 1.54) is 6.42 Å². The molecule has 2 aliphatic rings. The molecule has 4 nitrogen and oxygen atoms in total. The highest BCUT2D eigenvalue weighted by molar-refractivity contribution is 5.94. The van der Waals surface area contributed by atoms with Gasteiger partial charge in [0.1, 0.15) is 0 Å². The fourth-order valence-corrected chi connectivity index (χ4v) is 3.42. The quantitative estimate of drug-likeness (QED) is 0.618. The van der Waals surface area contributed by atoms with Crippen LogP contribution in [0.25, 0.3) is 0 Å². The summed E-state index contributed by atoms with van der Waals surface area (Å²) < 4.78 is 0. The van der Waals surface area contributed by atoms with E-state index < -0.39 is 6.09 Å². The average Bonchev–Trinajstić information content (AvgIpc) is 2.66. The van der Waals surface area contributed by atoms with Crippen LogP contribution < -0.4 is 5.32 Å². The van der Waals surface area contributed by atoms with E-state index in [1.807, 2.05) is 6.92 Å². The number of oxime groups is 1. The second kappa shape index (κ2) is 4.56. The number of hydrogen-bond donors (Lipinski definition) is 1. The Morgan fingerprint density at radius 1 is 1.50 bits per heavy atom. The maximum Gasteiger partial charge on any atom is 0.433 e. The molecule has 0 heterocycles. The van der Waals surface area contributed by atoms with Crippen LogP contribution >= 0.6 is 0 Å². The predicted octanol–water partition coefficient (Wildman–Crippen LogP) is 3.32. The Labute approximate surface area is 109 Å². The highest BCUT2D eigenvalue weighted by atomic mass is 16.7. The van der Waals surface area contributed by atoms with Crippen molar-refractivity contribution in [3.8, 4) is 0 Å². The van der Waals surface area contributed by atoms with Crippen LogP contribution in [0.5, 0.6) is 0 Å². The monoisotopic (exact) mass is 252 g/mol. The summed E-state index contributed by atoms with van der Waals surface area (Å²) in [6.07, 6.45) is 3.87.